The van der Waals surface area contributed by atoms with E-state index in [1.807, 2.05) is 6.92 Å². The van der Waals surface area contributed by atoms with Gasteiger partial charge in [0.1, 0.15) is 0 Å². The van der Waals surface area contributed by atoms with Gasteiger partial charge in [0.15, 0.2) is 0 Å². The summed E-state index contributed by atoms with van der Waals surface area (Å²) in [6.07, 6.45) is 6.71. The van der Waals surface area contributed by atoms with Crippen LogP contribution in [0.3, 0.4) is 0 Å². The molecule has 2 heteroatoms. The lowest BCUT2D eigenvalue weighted by atomic mass is 9.81. The Labute approximate surface area is 81.5 Å². The van der Waals surface area contributed by atoms with Crippen molar-refractivity contribution in [1.82, 2.24) is 0 Å². The molecule has 0 aromatic heterocycles. The average molecular weight is 185 g/mol. The Hall–Kier alpha value is -0.0800. The summed E-state index contributed by atoms with van der Waals surface area (Å²) in [6, 6.07) is 0. The van der Waals surface area contributed by atoms with Gasteiger partial charge in [0.2, 0.25) is 0 Å². The molecule has 0 radical (unpaired) electrons. The third kappa shape index (κ3) is 2.23. The lowest BCUT2D eigenvalue weighted by Gasteiger charge is -2.32. The second-order valence-corrected chi connectivity index (χ2v) is 4.72. The van der Waals surface area contributed by atoms with Crippen LogP contribution in [0, 0.1) is 5.41 Å². The molecule has 0 aromatic carbocycles. The summed E-state index contributed by atoms with van der Waals surface area (Å²) >= 11 is 0. The van der Waals surface area contributed by atoms with Gasteiger partial charge in [-0.3, -0.25) is 0 Å². The van der Waals surface area contributed by atoms with E-state index in [0.29, 0.717) is 6.54 Å². The average Bonchev–Trinajstić information content (AvgIpc) is 2.84. The zero-order valence-corrected chi connectivity index (χ0v) is 8.97. The van der Waals surface area contributed by atoms with Crippen molar-refractivity contribution in [3.63, 3.8) is 0 Å². The van der Waals surface area contributed by atoms with Gasteiger partial charge in [-0.15, -0.1) is 0 Å². The molecule has 1 atom stereocenters. The van der Waals surface area contributed by atoms with Crippen molar-refractivity contribution >= 4 is 0 Å². The predicted molar refractivity (Wildman–Crippen MR) is 55.5 cm³/mol. The minimum Gasteiger partial charge on any atom is -0.390 e. The van der Waals surface area contributed by atoms with Crippen LogP contribution in [0.4, 0.5) is 0 Å². The van der Waals surface area contributed by atoms with Gasteiger partial charge in [-0.25, -0.2) is 0 Å². The fraction of sp³-hybridized carbons (Fsp3) is 1.00. The standard InChI is InChI=1S/C11H23NO/c1-3-4-5-6-10(2,13)11(9-12)7-8-11/h13H,3-9,12H2,1-2H3. The van der Waals surface area contributed by atoms with Gasteiger partial charge in [0.05, 0.1) is 5.60 Å². The van der Waals surface area contributed by atoms with Gasteiger partial charge in [0, 0.05) is 12.0 Å². The molecule has 1 fully saturated rings. The molecule has 0 aromatic rings. The van der Waals surface area contributed by atoms with Crippen LogP contribution in [0.15, 0.2) is 0 Å². The van der Waals surface area contributed by atoms with Crippen LogP contribution in [0.25, 0.3) is 0 Å². The van der Waals surface area contributed by atoms with Crippen LogP contribution >= 0.6 is 0 Å². The number of aliphatic hydroxyl groups is 1. The molecule has 0 bridgehead atoms. The first kappa shape index (κ1) is 11.0. The molecule has 3 N–H and O–H groups in total. The Morgan fingerprint density at radius 2 is 2.00 bits per heavy atom. The van der Waals surface area contributed by atoms with Crippen LogP contribution < -0.4 is 5.73 Å². The molecule has 1 rings (SSSR count). The van der Waals surface area contributed by atoms with Crippen molar-refractivity contribution < 1.29 is 5.11 Å². The lowest BCUT2D eigenvalue weighted by Crippen LogP contribution is -2.41. The summed E-state index contributed by atoms with van der Waals surface area (Å²) in [6.45, 7) is 4.79. The van der Waals surface area contributed by atoms with Crippen molar-refractivity contribution in [2.45, 2.75) is 58.0 Å². The van der Waals surface area contributed by atoms with Gasteiger partial charge in [-0.05, 0) is 26.2 Å². The second kappa shape index (κ2) is 3.97. The molecule has 0 amide bonds. The largest absolute Gasteiger partial charge is 0.390 e. The quantitative estimate of drug-likeness (QED) is 0.622. The summed E-state index contributed by atoms with van der Waals surface area (Å²) < 4.78 is 0. The van der Waals surface area contributed by atoms with Crippen LogP contribution in [-0.4, -0.2) is 17.3 Å². The maximum atomic E-state index is 10.3. The number of hydrogen-bond donors (Lipinski definition) is 2. The van der Waals surface area contributed by atoms with E-state index in [2.05, 4.69) is 6.92 Å². The molecular formula is C11H23NO. The van der Waals surface area contributed by atoms with E-state index in [1.54, 1.807) is 0 Å². The van der Waals surface area contributed by atoms with E-state index < -0.39 is 5.60 Å². The Morgan fingerprint density at radius 1 is 1.38 bits per heavy atom. The van der Waals surface area contributed by atoms with Crippen LogP contribution in [0.5, 0.6) is 0 Å². The summed E-state index contributed by atoms with van der Waals surface area (Å²) in [5.74, 6) is 0. The highest BCUT2D eigenvalue weighted by Gasteiger charge is 2.54. The highest BCUT2D eigenvalue weighted by Crippen LogP contribution is 2.54. The van der Waals surface area contributed by atoms with Crippen molar-refractivity contribution in [3.8, 4) is 0 Å². The molecule has 78 valence electrons. The Morgan fingerprint density at radius 3 is 2.38 bits per heavy atom. The first-order valence-corrected chi connectivity index (χ1v) is 5.50. The van der Waals surface area contributed by atoms with Gasteiger partial charge in [-0.1, -0.05) is 26.2 Å². The summed E-state index contributed by atoms with van der Waals surface area (Å²) in [4.78, 5) is 0. The molecule has 1 aliphatic carbocycles. The Balaban J connectivity index is 2.36. The van der Waals surface area contributed by atoms with E-state index in [9.17, 15) is 5.11 Å². The normalized spacial score (nSPS) is 24.0. The fourth-order valence-electron chi connectivity index (χ4n) is 2.10. The van der Waals surface area contributed by atoms with Crippen molar-refractivity contribution in [3.05, 3.63) is 0 Å². The third-order valence-electron chi connectivity index (χ3n) is 3.65. The molecule has 0 saturated heterocycles. The van der Waals surface area contributed by atoms with Crippen molar-refractivity contribution in [2.75, 3.05) is 6.54 Å². The SMILES string of the molecule is CCCCCC(C)(O)C1(CN)CC1. The number of nitrogens with two attached hydrogens (primary N) is 1. The summed E-state index contributed by atoms with van der Waals surface area (Å²) in [7, 11) is 0. The molecule has 1 saturated carbocycles. The highest BCUT2D eigenvalue weighted by molar-refractivity contribution is 5.06. The van der Waals surface area contributed by atoms with Crippen molar-refractivity contribution in [1.29, 1.82) is 0 Å². The molecule has 0 aliphatic heterocycles. The van der Waals surface area contributed by atoms with E-state index in [0.717, 1.165) is 25.7 Å². The van der Waals surface area contributed by atoms with Gasteiger partial charge in [-0.2, -0.15) is 0 Å². The smallest absolute Gasteiger partial charge is 0.0687 e. The second-order valence-electron chi connectivity index (χ2n) is 4.72. The zero-order chi connectivity index (χ0) is 9.95. The molecule has 0 heterocycles. The van der Waals surface area contributed by atoms with Gasteiger partial charge >= 0.3 is 0 Å². The molecule has 0 spiro atoms. The topological polar surface area (TPSA) is 46.2 Å². The highest BCUT2D eigenvalue weighted by atomic mass is 16.3. The maximum Gasteiger partial charge on any atom is 0.0687 e. The third-order valence-corrected chi connectivity index (χ3v) is 3.65. The molecule has 1 aliphatic rings. The summed E-state index contributed by atoms with van der Waals surface area (Å²) in [5, 5.41) is 10.3. The van der Waals surface area contributed by atoms with Crippen molar-refractivity contribution in [2.24, 2.45) is 11.1 Å². The minimum atomic E-state index is -0.517. The van der Waals surface area contributed by atoms with E-state index >= 15 is 0 Å². The van der Waals surface area contributed by atoms with Crippen LogP contribution in [-0.2, 0) is 0 Å². The van der Waals surface area contributed by atoms with Gasteiger partial charge in [0.25, 0.3) is 0 Å². The van der Waals surface area contributed by atoms with E-state index in [-0.39, 0.29) is 5.41 Å². The number of rotatable bonds is 6. The number of hydrogen-bond acceptors (Lipinski definition) is 2. The number of unbranched alkanes of at least 4 members (excludes halogenated alkanes) is 2. The maximum absolute atomic E-state index is 10.3. The summed E-state index contributed by atoms with van der Waals surface area (Å²) in [5.41, 5.74) is 5.25. The zero-order valence-electron chi connectivity index (χ0n) is 8.97. The molecule has 2 nitrogen and oxygen atoms in total. The first-order chi connectivity index (χ1) is 6.08. The molecule has 1 unspecified atom stereocenters. The Bertz CT molecular complexity index is 161. The lowest BCUT2D eigenvalue weighted by molar-refractivity contribution is -0.0213. The first-order valence-electron chi connectivity index (χ1n) is 5.50. The van der Waals surface area contributed by atoms with E-state index in [4.69, 9.17) is 5.73 Å². The fourth-order valence-corrected chi connectivity index (χ4v) is 2.10. The van der Waals surface area contributed by atoms with Crippen LogP contribution in [0.2, 0.25) is 0 Å². The Kier molecular flexibility index (Phi) is 3.36. The molecule has 13 heavy (non-hydrogen) atoms. The molecular weight excluding hydrogens is 162 g/mol. The van der Waals surface area contributed by atoms with Crippen LogP contribution in [0.1, 0.15) is 52.4 Å². The monoisotopic (exact) mass is 185 g/mol. The predicted octanol–water partition coefficient (Wildman–Crippen LogP) is 2.06. The minimum absolute atomic E-state index is 0.0702. The van der Waals surface area contributed by atoms with Gasteiger partial charge < -0.3 is 10.8 Å². The van der Waals surface area contributed by atoms with E-state index in [1.165, 1.54) is 12.8 Å².